The molecule has 1 aliphatic rings. The zero-order valence-corrected chi connectivity index (χ0v) is 15.8. The van der Waals surface area contributed by atoms with E-state index in [1.807, 2.05) is 0 Å². The number of likely N-dealkylation sites (tertiary alicyclic amines) is 1. The maximum atomic E-state index is 4.49. The molecule has 0 amide bonds. The number of rotatable bonds is 7. The molecule has 0 aromatic rings. The van der Waals surface area contributed by atoms with Crippen LogP contribution in [0.5, 0.6) is 0 Å². The molecule has 1 aliphatic heterocycles. The Kier molecular flexibility index (Phi) is 6.52. The van der Waals surface area contributed by atoms with E-state index < -0.39 is 0 Å². The van der Waals surface area contributed by atoms with Gasteiger partial charge >= 0.3 is 0 Å². The maximum Gasteiger partial charge on any atom is 0.0494 e. The van der Waals surface area contributed by atoms with Crippen LogP contribution in [-0.2, 0) is 0 Å². The molecule has 0 N–H and O–H groups in total. The molecule has 0 aromatic heterocycles. The number of allylic oxidation sites excluding steroid dienone is 2. The molecule has 1 heteroatoms. The maximum absolute atomic E-state index is 4.49. The lowest BCUT2D eigenvalue weighted by atomic mass is 9.77. The van der Waals surface area contributed by atoms with Crippen LogP contribution in [0.1, 0.15) is 67.2 Å². The van der Waals surface area contributed by atoms with Crippen molar-refractivity contribution < 1.29 is 0 Å². The minimum atomic E-state index is 0.196. The molecule has 1 nitrogen and oxygen atoms in total. The summed E-state index contributed by atoms with van der Waals surface area (Å²) >= 11 is 0. The van der Waals surface area contributed by atoms with Crippen molar-refractivity contribution >= 4 is 0 Å². The zero-order valence-electron chi connectivity index (χ0n) is 15.8. The fraction of sp³-hybridized carbons (Fsp3) is 0.714. The first-order chi connectivity index (χ1) is 10.1. The first kappa shape index (κ1) is 19.1. The smallest absolute Gasteiger partial charge is 0.0494 e. The molecule has 3 atom stereocenters. The predicted octanol–water partition coefficient (Wildman–Crippen LogP) is 6.20. The quantitative estimate of drug-likeness (QED) is 0.506. The minimum Gasteiger partial charge on any atom is -0.368 e. The van der Waals surface area contributed by atoms with Gasteiger partial charge in [-0.05, 0) is 43.9 Å². The topological polar surface area (TPSA) is 3.24 Å². The molecule has 1 fully saturated rings. The largest absolute Gasteiger partial charge is 0.368 e. The summed E-state index contributed by atoms with van der Waals surface area (Å²) in [5, 5.41) is 0. The van der Waals surface area contributed by atoms with Crippen LogP contribution in [0.3, 0.4) is 0 Å². The highest BCUT2D eigenvalue weighted by Crippen LogP contribution is 2.38. The SMILES string of the molecule is C=C(C)C1CCCN1C(=C)C(CC)C(C)CC(=C)C(C)(C)C. The van der Waals surface area contributed by atoms with Gasteiger partial charge in [-0.15, -0.1) is 0 Å². The monoisotopic (exact) mass is 303 g/mol. The lowest BCUT2D eigenvalue weighted by Gasteiger charge is -2.37. The highest BCUT2D eigenvalue weighted by atomic mass is 15.2. The molecule has 0 aliphatic carbocycles. The highest BCUT2D eigenvalue weighted by Gasteiger charge is 2.31. The minimum absolute atomic E-state index is 0.196. The Morgan fingerprint density at radius 2 is 1.82 bits per heavy atom. The van der Waals surface area contributed by atoms with Crippen molar-refractivity contribution in [2.24, 2.45) is 17.3 Å². The van der Waals surface area contributed by atoms with Crippen molar-refractivity contribution in [3.05, 3.63) is 36.6 Å². The van der Waals surface area contributed by atoms with Crippen LogP contribution in [0, 0.1) is 17.3 Å². The second kappa shape index (κ2) is 7.53. The lowest BCUT2D eigenvalue weighted by molar-refractivity contribution is 0.258. The van der Waals surface area contributed by atoms with Gasteiger partial charge in [0.15, 0.2) is 0 Å². The molecular weight excluding hydrogens is 266 g/mol. The van der Waals surface area contributed by atoms with E-state index >= 15 is 0 Å². The molecule has 1 saturated heterocycles. The van der Waals surface area contributed by atoms with Gasteiger partial charge in [0.05, 0.1) is 0 Å². The molecule has 1 heterocycles. The lowest BCUT2D eigenvalue weighted by Crippen LogP contribution is -2.34. The second-order valence-electron chi connectivity index (χ2n) is 8.24. The summed E-state index contributed by atoms with van der Waals surface area (Å²) in [6, 6.07) is 0.500. The van der Waals surface area contributed by atoms with Gasteiger partial charge in [-0.1, -0.05) is 65.5 Å². The summed E-state index contributed by atoms with van der Waals surface area (Å²) < 4.78 is 0. The molecule has 0 aromatic carbocycles. The van der Waals surface area contributed by atoms with Crippen molar-refractivity contribution in [1.29, 1.82) is 0 Å². The van der Waals surface area contributed by atoms with Gasteiger partial charge in [-0.3, -0.25) is 0 Å². The van der Waals surface area contributed by atoms with Gasteiger partial charge in [-0.25, -0.2) is 0 Å². The summed E-state index contributed by atoms with van der Waals surface area (Å²) in [5.41, 5.74) is 4.15. The fourth-order valence-electron chi connectivity index (χ4n) is 3.64. The van der Waals surface area contributed by atoms with Crippen LogP contribution in [0.2, 0.25) is 0 Å². The van der Waals surface area contributed by atoms with Gasteiger partial charge in [0, 0.05) is 24.2 Å². The second-order valence-corrected chi connectivity index (χ2v) is 8.24. The summed E-state index contributed by atoms with van der Waals surface area (Å²) in [6.07, 6.45) is 4.73. The molecule has 0 bridgehead atoms. The number of nitrogens with zero attached hydrogens (tertiary/aromatic N) is 1. The Morgan fingerprint density at radius 1 is 1.23 bits per heavy atom. The van der Waals surface area contributed by atoms with Crippen molar-refractivity contribution in [3.8, 4) is 0 Å². The molecule has 0 radical (unpaired) electrons. The Labute approximate surface area is 139 Å². The average Bonchev–Trinajstić information content (AvgIpc) is 2.87. The van der Waals surface area contributed by atoms with Crippen molar-refractivity contribution in [1.82, 2.24) is 4.90 Å². The molecule has 0 saturated carbocycles. The Bertz CT molecular complexity index is 424. The molecule has 1 rings (SSSR count). The van der Waals surface area contributed by atoms with E-state index in [4.69, 9.17) is 0 Å². The molecule has 3 unspecified atom stereocenters. The summed E-state index contributed by atoms with van der Waals surface area (Å²) in [7, 11) is 0. The summed E-state index contributed by atoms with van der Waals surface area (Å²) in [6.45, 7) is 27.7. The van der Waals surface area contributed by atoms with Crippen LogP contribution in [0.4, 0.5) is 0 Å². The van der Waals surface area contributed by atoms with Crippen LogP contribution in [-0.4, -0.2) is 17.5 Å². The van der Waals surface area contributed by atoms with Crippen LogP contribution >= 0.6 is 0 Å². The van der Waals surface area contributed by atoms with Gasteiger partial charge < -0.3 is 4.90 Å². The van der Waals surface area contributed by atoms with Crippen molar-refractivity contribution in [2.75, 3.05) is 6.54 Å². The van der Waals surface area contributed by atoms with Gasteiger partial charge in [0.1, 0.15) is 0 Å². The number of hydrogen-bond donors (Lipinski definition) is 0. The molecule has 126 valence electrons. The van der Waals surface area contributed by atoms with Crippen LogP contribution < -0.4 is 0 Å². The van der Waals surface area contributed by atoms with Gasteiger partial charge in [0.25, 0.3) is 0 Å². The summed E-state index contributed by atoms with van der Waals surface area (Å²) in [5.74, 6) is 1.13. The van der Waals surface area contributed by atoms with E-state index in [2.05, 4.69) is 66.2 Å². The van der Waals surface area contributed by atoms with Crippen LogP contribution in [0.25, 0.3) is 0 Å². The van der Waals surface area contributed by atoms with E-state index in [1.54, 1.807) is 0 Å². The first-order valence-corrected chi connectivity index (χ1v) is 8.88. The van der Waals surface area contributed by atoms with Crippen LogP contribution in [0.15, 0.2) is 36.6 Å². The Balaban J connectivity index is 2.80. The van der Waals surface area contributed by atoms with E-state index in [0.29, 0.717) is 17.9 Å². The normalized spacial score (nSPS) is 21.5. The third-order valence-corrected chi connectivity index (χ3v) is 5.37. The third-order valence-electron chi connectivity index (χ3n) is 5.37. The standard InChI is InChI=1S/C21H37N/c1-10-19(16(4)14-17(5)21(7,8)9)18(6)22-13-11-12-20(22)15(2)3/h16,19-20H,2,5-6,10-14H2,1,3-4,7-9H3. The third kappa shape index (κ3) is 4.51. The Morgan fingerprint density at radius 3 is 2.27 bits per heavy atom. The molecular formula is C21H37N. The Hall–Kier alpha value is -0.980. The van der Waals surface area contributed by atoms with E-state index in [0.717, 1.165) is 19.4 Å². The van der Waals surface area contributed by atoms with E-state index in [-0.39, 0.29) is 5.41 Å². The van der Waals surface area contributed by atoms with Gasteiger partial charge in [-0.2, -0.15) is 0 Å². The van der Waals surface area contributed by atoms with E-state index in [1.165, 1.54) is 29.7 Å². The first-order valence-electron chi connectivity index (χ1n) is 8.88. The number of hydrogen-bond acceptors (Lipinski definition) is 1. The summed E-state index contributed by atoms with van der Waals surface area (Å²) in [4.78, 5) is 2.52. The van der Waals surface area contributed by atoms with Crippen molar-refractivity contribution in [2.45, 2.75) is 73.3 Å². The predicted molar refractivity (Wildman–Crippen MR) is 99.8 cm³/mol. The van der Waals surface area contributed by atoms with Gasteiger partial charge in [0.2, 0.25) is 0 Å². The zero-order chi connectivity index (χ0) is 17.1. The van der Waals surface area contributed by atoms with E-state index in [9.17, 15) is 0 Å². The van der Waals surface area contributed by atoms with Crippen molar-refractivity contribution in [3.63, 3.8) is 0 Å². The fourth-order valence-corrected chi connectivity index (χ4v) is 3.64. The average molecular weight is 304 g/mol. The molecule has 0 spiro atoms. The highest BCUT2D eigenvalue weighted by molar-refractivity contribution is 5.15. The molecule has 22 heavy (non-hydrogen) atoms.